The summed E-state index contributed by atoms with van der Waals surface area (Å²) < 4.78 is 5.79. The molecule has 0 radical (unpaired) electrons. The number of amides is 1. The van der Waals surface area contributed by atoms with Gasteiger partial charge < -0.3 is 15.4 Å². The van der Waals surface area contributed by atoms with Gasteiger partial charge in [-0.15, -0.1) is 0 Å². The number of benzene rings is 2. The zero-order valence-corrected chi connectivity index (χ0v) is 13.9. The van der Waals surface area contributed by atoms with Gasteiger partial charge in [0, 0.05) is 13.1 Å². The molecule has 126 valence electrons. The maximum Gasteiger partial charge on any atom is 0.239 e. The second kappa shape index (κ2) is 7.97. The Hall–Kier alpha value is -2.33. The summed E-state index contributed by atoms with van der Waals surface area (Å²) in [6, 6.07) is 17.7. The minimum atomic E-state index is -0.346. The van der Waals surface area contributed by atoms with Gasteiger partial charge in [0.1, 0.15) is 12.4 Å². The Morgan fingerprint density at radius 2 is 1.75 bits per heavy atom. The van der Waals surface area contributed by atoms with Gasteiger partial charge >= 0.3 is 0 Å². The van der Waals surface area contributed by atoms with Gasteiger partial charge in [-0.2, -0.15) is 0 Å². The monoisotopic (exact) mass is 324 g/mol. The number of hydrogen-bond acceptors (Lipinski definition) is 3. The standard InChI is InChI=1S/C20H24N2O2/c21-19-8-4-5-13-22(20(19)23)14-16-9-11-18(12-10-16)24-15-17-6-2-1-3-7-17/h1-3,6-7,9-12,19H,4-5,8,13-15,21H2/t19-/m1/s1. The first kappa shape index (κ1) is 16.5. The van der Waals surface area contributed by atoms with E-state index in [4.69, 9.17) is 10.5 Å². The highest BCUT2D eigenvalue weighted by Crippen LogP contribution is 2.18. The summed E-state index contributed by atoms with van der Waals surface area (Å²) in [6.07, 6.45) is 2.84. The second-order valence-electron chi connectivity index (χ2n) is 6.28. The smallest absolute Gasteiger partial charge is 0.239 e. The van der Waals surface area contributed by atoms with E-state index in [0.717, 1.165) is 42.7 Å². The van der Waals surface area contributed by atoms with Crippen LogP contribution >= 0.6 is 0 Å². The fraction of sp³-hybridized carbons (Fsp3) is 0.350. The van der Waals surface area contributed by atoms with Crippen LogP contribution in [0.1, 0.15) is 30.4 Å². The zero-order chi connectivity index (χ0) is 16.8. The maximum atomic E-state index is 12.3. The molecule has 1 fully saturated rings. The Kier molecular flexibility index (Phi) is 5.49. The molecular formula is C20H24N2O2. The van der Waals surface area contributed by atoms with Crippen LogP contribution in [0.25, 0.3) is 0 Å². The lowest BCUT2D eigenvalue weighted by Gasteiger charge is -2.22. The number of carbonyl (C=O) groups is 1. The lowest BCUT2D eigenvalue weighted by Crippen LogP contribution is -2.41. The van der Waals surface area contributed by atoms with Crippen molar-refractivity contribution in [3.63, 3.8) is 0 Å². The quantitative estimate of drug-likeness (QED) is 0.919. The van der Waals surface area contributed by atoms with E-state index in [1.165, 1.54) is 0 Å². The van der Waals surface area contributed by atoms with Crippen LogP contribution in [0.5, 0.6) is 5.75 Å². The molecule has 2 aromatic rings. The van der Waals surface area contributed by atoms with Gasteiger partial charge in [-0.05, 0) is 42.5 Å². The van der Waals surface area contributed by atoms with E-state index >= 15 is 0 Å². The van der Waals surface area contributed by atoms with E-state index in [9.17, 15) is 4.79 Å². The molecule has 1 aliphatic heterocycles. The lowest BCUT2D eigenvalue weighted by atomic mass is 10.1. The number of nitrogens with zero attached hydrogens (tertiary/aromatic N) is 1. The predicted octanol–water partition coefficient (Wildman–Crippen LogP) is 3.11. The maximum absolute atomic E-state index is 12.3. The van der Waals surface area contributed by atoms with Crippen LogP contribution in [0.15, 0.2) is 54.6 Å². The van der Waals surface area contributed by atoms with Crippen molar-refractivity contribution in [2.45, 2.75) is 38.5 Å². The molecule has 0 aliphatic carbocycles. The summed E-state index contributed by atoms with van der Waals surface area (Å²) in [5.41, 5.74) is 8.18. The number of nitrogens with two attached hydrogens (primary N) is 1. The van der Waals surface area contributed by atoms with Crippen molar-refractivity contribution < 1.29 is 9.53 Å². The highest BCUT2D eigenvalue weighted by Gasteiger charge is 2.23. The molecule has 1 saturated heterocycles. The van der Waals surface area contributed by atoms with Gasteiger partial charge in [-0.25, -0.2) is 0 Å². The Morgan fingerprint density at radius 3 is 2.50 bits per heavy atom. The van der Waals surface area contributed by atoms with Gasteiger partial charge in [-0.3, -0.25) is 4.79 Å². The van der Waals surface area contributed by atoms with E-state index in [-0.39, 0.29) is 11.9 Å². The van der Waals surface area contributed by atoms with Crippen LogP contribution in [0, 0.1) is 0 Å². The van der Waals surface area contributed by atoms with Crippen molar-refractivity contribution >= 4 is 5.91 Å². The topological polar surface area (TPSA) is 55.6 Å². The number of ether oxygens (including phenoxy) is 1. The number of likely N-dealkylation sites (tertiary alicyclic amines) is 1. The molecule has 0 unspecified atom stereocenters. The van der Waals surface area contributed by atoms with Crippen molar-refractivity contribution in [2.75, 3.05) is 6.54 Å². The fourth-order valence-electron chi connectivity index (χ4n) is 2.94. The summed E-state index contributed by atoms with van der Waals surface area (Å²) in [5.74, 6) is 0.901. The molecule has 1 atom stereocenters. The summed E-state index contributed by atoms with van der Waals surface area (Å²) in [7, 11) is 0. The van der Waals surface area contributed by atoms with Crippen molar-refractivity contribution in [2.24, 2.45) is 5.73 Å². The summed E-state index contributed by atoms with van der Waals surface area (Å²) >= 11 is 0. The fourth-order valence-corrected chi connectivity index (χ4v) is 2.94. The average molecular weight is 324 g/mol. The Labute approximate surface area is 143 Å². The van der Waals surface area contributed by atoms with Crippen molar-refractivity contribution in [3.8, 4) is 5.75 Å². The minimum Gasteiger partial charge on any atom is -0.489 e. The summed E-state index contributed by atoms with van der Waals surface area (Å²) in [6.45, 7) is 1.96. The Morgan fingerprint density at radius 1 is 1.00 bits per heavy atom. The zero-order valence-electron chi connectivity index (χ0n) is 13.9. The summed E-state index contributed by atoms with van der Waals surface area (Å²) in [5, 5.41) is 0. The van der Waals surface area contributed by atoms with Crippen LogP contribution in [-0.2, 0) is 17.9 Å². The molecule has 1 heterocycles. The van der Waals surface area contributed by atoms with Gasteiger partial charge in [-0.1, -0.05) is 42.5 Å². The average Bonchev–Trinajstić information content (AvgIpc) is 2.78. The molecule has 0 spiro atoms. The molecule has 3 rings (SSSR count). The third-order valence-corrected chi connectivity index (χ3v) is 4.37. The molecule has 4 nitrogen and oxygen atoms in total. The van der Waals surface area contributed by atoms with E-state index in [1.807, 2.05) is 59.5 Å². The van der Waals surface area contributed by atoms with E-state index in [1.54, 1.807) is 0 Å². The molecular weight excluding hydrogens is 300 g/mol. The van der Waals surface area contributed by atoms with Crippen LogP contribution in [0.3, 0.4) is 0 Å². The largest absolute Gasteiger partial charge is 0.489 e. The molecule has 1 aliphatic rings. The molecule has 4 heteroatoms. The molecule has 24 heavy (non-hydrogen) atoms. The molecule has 2 aromatic carbocycles. The molecule has 0 saturated carbocycles. The highest BCUT2D eigenvalue weighted by atomic mass is 16.5. The third kappa shape index (κ3) is 4.36. The van der Waals surface area contributed by atoms with Crippen LogP contribution in [0.4, 0.5) is 0 Å². The predicted molar refractivity (Wildman–Crippen MR) is 94.5 cm³/mol. The third-order valence-electron chi connectivity index (χ3n) is 4.37. The highest BCUT2D eigenvalue weighted by molar-refractivity contribution is 5.81. The normalized spacial score (nSPS) is 18.3. The lowest BCUT2D eigenvalue weighted by molar-refractivity contribution is -0.132. The van der Waals surface area contributed by atoms with Gasteiger partial charge in [0.25, 0.3) is 0 Å². The van der Waals surface area contributed by atoms with Crippen molar-refractivity contribution in [1.29, 1.82) is 0 Å². The van der Waals surface area contributed by atoms with Crippen molar-refractivity contribution in [3.05, 3.63) is 65.7 Å². The number of hydrogen-bond donors (Lipinski definition) is 1. The SMILES string of the molecule is N[C@@H]1CCCCN(Cc2ccc(OCc3ccccc3)cc2)C1=O. The molecule has 1 amide bonds. The molecule has 0 aromatic heterocycles. The van der Waals surface area contributed by atoms with Crippen LogP contribution < -0.4 is 10.5 Å². The first-order valence-electron chi connectivity index (χ1n) is 8.52. The van der Waals surface area contributed by atoms with E-state index < -0.39 is 0 Å². The van der Waals surface area contributed by atoms with Crippen LogP contribution in [-0.4, -0.2) is 23.4 Å². The van der Waals surface area contributed by atoms with Crippen LogP contribution in [0.2, 0.25) is 0 Å². The first-order valence-corrected chi connectivity index (χ1v) is 8.52. The Bertz CT molecular complexity index is 655. The van der Waals surface area contributed by atoms with E-state index in [0.29, 0.717) is 13.2 Å². The minimum absolute atomic E-state index is 0.0666. The van der Waals surface area contributed by atoms with Crippen molar-refractivity contribution in [1.82, 2.24) is 4.90 Å². The molecule has 2 N–H and O–H groups in total. The first-order chi connectivity index (χ1) is 11.7. The van der Waals surface area contributed by atoms with Gasteiger partial charge in [0.2, 0.25) is 5.91 Å². The van der Waals surface area contributed by atoms with Gasteiger partial charge in [0.15, 0.2) is 0 Å². The second-order valence-corrected chi connectivity index (χ2v) is 6.28. The Balaban J connectivity index is 1.57. The van der Waals surface area contributed by atoms with E-state index in [2.05, 4.69) is 0 Å². The number of rotatable bonds is 5. The number of carbonyl (C=O) groups excluding carboxylic acids is 1. The van der Waals surface area contributed by atoms with Gasteiger partial charge in [0.05, 0.1) is 6.04 Å². The molecule has 0 bridgehead atoms. The summed E-state index contributed by atoms with van der Waals surface area (Å²) in [4.78, 5) is 14.1.